The normalized spacial score (nSPS) is 10.6. The molecule has 0 aliphatic heterocycles. The zero-order valence-electron chi connectivity index (χ0n) is 12.8. The van der Waals surface area contributed by atoms with E-state index in [0.717, 1.165) is 0 Å². The summed E-state index contributed by atoms with van der Waals surface area (Å²) in [7, 11) is 0. The maximum absolute atomic E-state index is 12.1. The van der Waals surface area contributed by atoms with Gasteiger partial charge < -0.3 is 10.6 Å². The first-order valence-corrected chi connectivity index (χ1v) is 7.42. The van der Waals surface area contributed by atoms with E-state index in [1.807, 2.05) is 6.07 Å². The summed E-state index contributed by atoms with van der Waals surface area (Å²) in [4.78, 5) is 23.3. The Morgan fingerprint density at radius 1 is 1.12 bits per heavy atom. The van der Waals surface area contributed by atoms with E-state index in [0.29, 0.717) is 22.0 Å². The predicted octanol–water partition coefficient (Wildman–Crippen LogP) is 4.00. The van der Waals surface area contributed by atoms with Gasteiger partial charge in [0.05, 0.1) is 0 Å². The number of hydrogen-bond acceptors (Lipinski definition) is 4. The number of benzene rings is 2. The van der Waals surface area contributed by atoms with Gasteiger partial charge in [-0.3, -0.25) is 9.59 Å². The van der Waals surface area contributed by atoms with Crippen molar-refractivity contribution in [3.05, 3.63) is 70.9 Å². The van der Waals surface area contributed by atoms with Crippen molar-refractivity contribution in [2.24, 2.45) is 0 Å². The molecule has 0 atom stereocenters. The van der Waals surface area contributed by atoms with Gasteiger partial charge in [-0.05, 0) is 49.4 Å². The lowest BCUT2D eigenvalue weighted by atomic mass is 10.1. The Balaban J connectivity index is 2.07. The summed E-state index contributed by atoms with van der Waals surface area (Å²) in [5.41, 5.74) is 1.61. The predicted molar refractivity (Wildman–Crippen MR) is 93.8 cm³/mol. The molecule has 0 radical (unpaired) electrons. The van der Waals surface area contributed by atoms with Crippen molar-refractivity contribution in [2.45, 2.75) is 6.92 Å². The average Bonchev–Trinajstić information content (AvgIpc) is 2.56. The molecule has 0 spiro atoms. The van der Waals surface area contributed by atoms with Gasteiger partial charge in [-0.15, -0.1) is 0 Å². The Kier molecular flexibility index (Phi) is 5.72. The van der Waals surface area contributed by atoms with Crippen molar-refractivity contribution in [2.75, 3.05) is 10.6 Å². The molecule has 0 aliphatic carbocycles. The summed E-state index contributed by atoms with van der Waals surface area (Å²) in [6.07, 6.45) is 1.31. The molecule has 1 amide bonds. The van der Waals surface area contributed by atoms with Crippen molar-refractivity contribution in [1.29, 1.82) is 5.26 Å². The van der Waals surface area contributed by atoms with Crippen LogP contribution in [0.4, 0.5) is 11.4 Å². The second kappa shape index (κ2) is 7.95. The lowest BCUT2D eigenvalue weighted by Crippen LogP contribution is -2.14. The van der Waals surface area contributed by atoms with Crippen LogP contribution in [-0.2, 0) is 4.79 Å². The number of amides is 1. The largest absolute Gasteiger partial charge is 0.360 e. The Morgan fingerprint density at radius 3 is 2.42 bits per heavy atom. The lowest BCUT2D eigenvalue weighted by molar-refractivity contribution is -0.112. The van der Waals surface area contributed by atoms with Gasteiger partial charge in [0.25, 0.3) is 5.91 Å². The zero-order valence-corrected chi connectivity index (χ0v) is 13.6. The van der Waals surface area contributed by atoms with E-state index in [9.17, 15) is 9.59 Å². The van der Waals surface area contributed by atoms with Crippen molar-refractivity contribution in [1.82, 2.24) is 0 Å². The number of carbonyl (C=O) groups excluding carboxylic acids is 2. The number of anilines is 2. The topological polar surface area (TPSA) is 82.0 Å². The molecule has 0 bridgehead atoms. The van der Waals surface area contributed by atoms with Gasteiger partial charge in [0.15, 0.2) is 5.78 Å². The quantitative estimate of drug-likeness (QED) is 0.490. The molecular weight excluding hydrogens is 326 g/mol. The Bertz CT molecular complexity index is 836. The van der Waals surface area contributed by atoms with Gasteiger partial charge in [-0.1, -0.05) is 17.7 Å². The van der Waals surface area contributed by atoms with Gasteiger partial charge in [-0.25, -0.2) is 0 Å². The van der Waals surface area contributed by atoms with E-state index >= 15 is 0 Å². The molecule has 120 valence electrons. The Morgan fingerprint density at radius 2 is 1.83 bits per heavy atom. The molecule has 0 saturated carbocycles. The van der Waals surface area contributed by atoms with Crippen LogP contribution in [0, 0.1) is 11.3 Å². The number of carbonyl (C=O) groups is 2. The van der Waals surface area contributed by atoms with Crippen LogP contribution in [-0.4, -0.2) is 11.7 Å². The minimum atomic E-state index is -0.553. The summed E-state index contributed by atoms with van der Waals surface area (Å²) < 4.78 is 0. The van der Waals surface area contributed by atoms with Crippen molar-refractivity contribution >= 4 is 34.7 Å². The third-order valence-electron chi connectivity index (χ3n) is 3.12. The van der Waals surface area contributed by atoms with Gasteiger partial charge >= 0.3 is 0 Å². The SMILES string of the molecule is CC(=O)c1ccc(NC(=O)/C(C#N)=C\Nc2cccc(Cl)c2)cc1. The number of rotatable bonds is 5. The van der Waals surface area contributed by atoms with Gasteiger partial charge in [-0.2, -0.15) is 5.26 Å². The molecule has 0 unspecified atom stereocenters. The molecule has 0 saturated heterocycles. The summed E-state index contributed by atoms with van der Waals surface area (Å²) in [5, 5.41) is 15.1. The molecule has 2 aromatic rings. The summed E-state index contributed by atoms with van der Waals surface area (Å²) >= 11 is 5.87. The Labute approximate surface area is 144 Å². The fourth-order valence-electron chi connectivity index (χ4n) is 1.87. The van der Waals surface area contributed by atoms with E-state index < -0.39 is 5.91 Å². The first kappa shape index (κ1) is 17.3. The van der Waals surface area contributed by atoms with Crippen LogP contribution in [0.1, 0.15) is 17.3 Å². The zero-order chi connectivity index (χ0) is 17.5. The average molecular weight is 340 g/mol. The number of nitrogens with one attached hydrogen (secondary N) is 2. The second-order valence-electron chi connectivity index (χ2n) is 4.91. The third-order valence-corrected chi connectivity index (χ3v) is 3.36. The highest BCUT2D eigenvalue weighted by Gasteiger charge is 2.09. The number of ketones is 1. The molecule has 0 aliphatic rings. The molecule has 6 heteroatoms. The van der Waals surface area contributed by atoms with Crippen LogP contribution in [0.25, 0.3) is 0 Å². The molecule has 0 heterocycles. The number of nitrogens with zero attached hydrogens (tertiary/aromatic N) is 1. The van der Waals surface area contributed by atoms with Crippen LogP contribution in [0.2, 0.25) is 5.02 Å². The summed E-state index contributed by atoms with van der Waals surface area (Å²) in [6, 6.07) is 15.2. The van der Waals surface area contributed by atoms with Crippen molar-refractivity contribution in [3.8, 4) is 6.07 Å². The van der Waals surface area contributed by atoms with E-state index in [1.165, 1.54) is 13.1 Å². The van der Waals surface area contributed by atoms with Crippen LogP contribution in [0.3, 0.4) is 0 Å². The fraction of sp³-hybridized carbons (Fsp3) is 0.0556. The minimum Gasteiger partial charge on any atom is -0.360 e. The van der Waals surface area contributed by atoms with Gasteiger partial charge in [0.1, 0.15) is 11.6 Å². The number of hydrogen-bond donors (Lipinski definition) is 2. The molecule has 0 fully saturated rings. The van der Waals surface area contributed by atoms with E-state index in [-0.39, 0.29) is 11.4 Å². The number of Topliss-reactive ketones (excluding diaryl/α,β-unsaturated/α-hetero) is 1. The number of nitriles is 1. The van der Waals surface area contributed by atoms with Crippen LogP contribution in [0.5, 0.6) is 0 Å². The van der Waals surface area contributed by atoms with E-state index in [1.54, 1.807) is 48.5 Å². The van der Waals surface area contributed by atoms with Crippen molar-refractivity contribution < 1.29 is 9.59 Å². The van der Waals surface area contributed by atoms with Crippen LogP contribution in [0.15, 0.2) is 60.3 Å². The van der Waals surface area contributed by atoms with E-state index in [2.05, 4.69) is 10.6 Å². The molecule has 2 N–H and O–H groups in total. The highest BCUT2D eigenvalue weighted by atomic mass is 35.5. The Hall–Kier alpha value is -3.10. The molecule has 2 aromatic carbocycles. The van der Waals surface area contributed by atoms with Gasteiger partial charge in [0.2, 0.25) is 0 Å². The first-order chi connectivity index (χ1) is 11.5. The standard InChI is InChI=1S/C18H14ClN3O2/c1-12(23)13-5-7-16(8-6-13)22-18(24)14(10-20)11-21-17-4-2-3-15(19)9-17/h2-9,11,21H,1H3,(H,22,24)/b14-11-. The smallest absolute Gasteiger partial charge is 0.267 e. The second-order valence-corrected chi connectivity index (χ2v) is 5.35. The maximum atomic E-state index is 12.1. The summed E-state index contributed by atoms with van der Waals surface area (Å²) in [5.74, 6) is -0.612. The van der Waals surface area contributed by atoms with Crippen LogP contribution >= 0.6 is 11.6 Å². The number of halogens is 1. The van der Waals surface area contributed by atoms with Crippen LogP contribution < -0.4 is 10.6 Å². The molecule has 2 rings (SSSR count). The fourth-order valence-corrected chi connectivity index (χ4v) is 2.06. The molecule has 24 heavy (non-hydrogen) atoms. The molecular formula is C18H14ClN3O2. The third kappa shape index (κ3) is 4.70. The van der Waals surface area contributed by atoms with E-state index in [4.69, 9.17) is 16.9 Å². The maximum Gasteiger partial charge on any atom is 0.267 e. The lowest BCUT2D eigenvalue weighted by Gasteiger charge is -2.06. The highest BCUT2D eigenvalue weighted by Crippen LogP contribution is 2.15. The highest BCUT2D eigenvalue weighted by molar-refractivity contribution is 6.30. The molecule has 5 nitrogen and oxygen atoms in total. The minimum absolute atomic E-state index is 0.0591. The first-order valence-electron chi connectivity index (χ1n) is 7.04. The van der Waals surface area contributed by atoms with Gasteiger partial charge in [0, 0.05) is 28.2 Å². The monoisotopic (exact) mass is 339 g/mol. The van der Waals surface area contributed by atoms with Crippen molar-refractivity contribution in [3.63, 3.8) is 0 Å². The molecule has 0 aromatic heterocycles. The summed E-state index contributed by atoms with van der Waals surface area (Å²) in [6.45, 7) is 1.46.